The third-order valence-electron chi connectivity index (χ3n) is 4.19. The molecular formula is C16H29P. The molecule has 0 saturated carbocycles. The molecule has 17 heavy (non-hydrogen) atoms. The van der Waals surface area contributed by atoms with Crippen molar-refractivity contribution in [1.82, 2.24) is 0 Å². The Balaban J connectivity index is 2.95. The highest BCUT2D eigenvalue weighted by Crippen LogP contribution is 2.59. The van der Waals surface area contributed by atoms with Crippen molar-refractivity contribution in [3.05, 3.63) is 24.0 Å². The number of hydrogen-bond donors (Lipinski definition) is 0. The molecule has 1 atom stereocenters. The largest absolute Gasteiger partial charge is 0.103 e. The van der Waals surface area contributed by atoms with E-state index in [2.05, 4.69) is 53.3 Å². The Hall–Kier alpha value is -0.0900. The first-order valence-electron chi connectivity index (χ1n) is 6.99. The molecular weight excluding hydrogens is 223 g/mol. The molecule has 1 heterocycles. The van der Waals surface area contributed by atoms with Crippen LogP contribution in [0.4, 0.5) is 0 Å². The Morgan fingerprint density at radius 1 is 1.24 bits per heavy atom. The normalized spacial score (nSPS) is 20.9. The van der Waals surface area contributed by atoms with E-state index in [1.807, 2.05) is 0 Å². The van der Waals surface area contributed by atoms with Gasteiger partial charge in [-0.25, -0.2) is 0 Å². The van der Waals surface area contributed by atoms with Crippen molar-refractivity contribution >= 4 is 7.92 Å². The summed E-state index contributed by atoms with van der Waals surface area (Å²) in [6, 6.07) is 0. The fourth-order valence-electron chi connectivity index (χ4n) is 3.49. The average molecular weight is 252 g/mol. The predicted octanol–water partition coefficient (Wildman–Crippen LogP) is 5.65. The van der Waals surface area contributed by atoms with Gasteiger partial charge in [-0.3, -0.25) is 0 Å². The van der Waals surface area contributed by atoms with Gasteiger partial charge in [0, 0.05) is 0 Å². The molecule has 0 aromatic carbocycles. The molecule has 0 spiro atoms. The topological polar surface area (TPSA) is 0 Å². The van der Waals surface area contributed by atoms with Crippen molar-refractivity contribution in [2.45, 2.75) is 47.5 Å². The van der Waals surface area contributed by atoms with Gasteiger partial charge in [0.25, 0.3) is 0 Å². The molecule has 1 heteroatoms. The summed E-state index contributed by atoms with van der Waals surface area (Å²) >= 11 is 0. The van der Waals surface area contributed by atoms with Gasteiger partial charge < -0.3 is 0 Å². The van der Waals surface area contributed by atoms with Crippen LogP contribution in [0.1, 0.15) is 47.5 Å². The van der Waals surface area contributed by atoms with Crippen LogP contribution < -0.4 is 0 Å². The number of rotatable bonds is 5. The average Bonchev–Trinajstić information content (AvgIpc) is 2.71. The van der Waals surface area contributed by atoms with E-state index < -0.39 is 0 Å². The number of allylic oxidation sites excluding steroid dienone is 3. The van der Waals surface area contributed by atoms with Gasteiger partial charge >= 0.3 is 0 Å². The maximum absolute atomic E-state index is 4.07. The van der Waals surface area contributed by atoms with E-state index in [0.717, 1.165) is 0 Å². The Morgan fingerprint density at radius 3 is 2.12 bits per heavy atom. The molecule has 0 N–H and O–H groups in total. The molecule has 0 aromatic rings. The smallest absolute Gasteiger partial charge is 0.00373 e. The fourth-order valence-corrected chi connectivity index (χ4v) is 6.74. The van der Waals surface area contributed by atoms with Crippen LogP contribution in [-0.2, 0) is 0 Å². The van der Waals surface area contributed by atoms with Gasteiger partial charge in [0.15, 0.2) is 0 Å². The van der Waals surface area contributed by atoms with E-state index in [1.54, 1.807) is 5.31 Å². The summed E-state index contributed by atoms with van der Waals surface area (Å²) in [6.45, 7) is 15.8. The van der Waals surface area contributed by atoms with Crippen LogP contribution in [0.5, 0.6) is 0 Å². The lowest BCUT2D eigenvalue weighted by atomic mass is 9.72. The van der Waals surface area contributed by atoms with Crippen LogP contribution in [-0.4, -0.2) is 12.3 Å². The Labute approximate surface area is 109 Å². The molecule has 0 aliphatic carbocycles. The van der Waals surface area contributed by atoms with E-state index in [4.69, 9.17) is 0 Å². The van der Waals surface area contributed by atoms with Gasteiger partial charge in [-0.2, -0.15) is 0 Å². The number of hydrogen-bond acceptors (Lipinski definition) is 0. The van der Waals surface area contributed by atoms with E-state index in [0.29, 0.717) is 17.3 Å². The quantitative estimate of drug-likeness (QED) is 0.438. The van der Waals surface area contributed by atoms with Crippen molar-refractivity contribution in [2.24, 2.45) is 17.3 Å². The fraction of sp³-hybridized carbons (Fsp3) is 0.750. The summed E-state index contributed by atoms with van der Waals surface area (Å²) in [5, 5.41) is 1.74. The first-order valence-corrected chi connectivity index (χ1v) is 8.70. The lowest BCUT2D eigenvalue weighted by Crippen LogP contribution is -2.28. The second-order valence-corrected chi connectivity index (χ2v) is 8.55. The molecule has 98 valence electrons. The van der Waals surface area contributed by atoms with E-state index in [1.165, 1.54) is 25.2 Å². The first-order chi connectivity index (χ1) is 7.95. The Bertz CT molecular complexity index is 280. The molecule has 1 fully saturated rings. The molecule has 0 nitrogen and oxygen atoms in total. The highest BCUT2D eigenvalue weighted by molar-refractivity contribution is 7.62. The minimum Gasteiger partial charge on any atom is -0.103 e. The van der Waals surface area contributed by atoms with Crippen LogP contribution in [0.25, 0.3) is 0 Å². The summed E-state index contributed by atoms with van der Waals surface area (Å²) < 4.78 is 0. The highest BCUT2D eigenvalue weighted by atomic mass is 31.1. The summed E-state index contributed by atoms with van der Waals surface area (Å²) in [5.41, 5.74) is 0.292. The zero-order valence-corrected chi connectivity index (χ0v) is 13.2. The molecule has 0 radical (unpaired) electrons. The second kappa shape index (κ2) is 6.19. The second-order valence-electron chi connectivity index (χ2n) is 6.10. The highest BCUT2D eigenvalue weighted by Gasteiger charge is 2.36. The van der Waals surface area contributed by atoms with E-state index in [9.17, 15) is 0 Å². The molecule has 1 rings (SSSR count). The van der Waals surface area contributed by atoms with Gasteiger partial charge in [-0.1, -0.05) is 47.8 Å². The van der Waals surface area contributed by atoms with Crippen molar-refractivity contribution in [2.75, 3.05) is 12.3 Å². The third kappa shape index (κ3) is 3.22. The minimum atomic E-state index is 0.154. The zero-order chi connectivity index (χ0) is 13.1. The van der Waals surface area contributed by atoms with Gasteiger partial charge in [0.1, 0.15) is 0 Å². The Morgan fingerprint density at radius 2 is 1.76 bits per heavy atom. The first kappa shape index (κ1) is 15.0. The molecule has 0 amide bonds. The summed E-state index contributed by atoms with van der Waals surface area (Å²) in [5.74, 6) is 1.27. The van der Waals surface area contributed by atoms with Gasteiger partial charge in [0.05, 0.1) is 0 Å². The monoisotopic (exact) mass is 252 g/mol. The summed E-state index contributed by atoms with van der Waals surface area (Å²) in [7, 11) is 0.154. The third-order valence-corrected chi connectivity index (χ3v) is 7.41. The summed E-state index contributed by atoms with van der Waals surface area (Å²) in [6.07, 6.45) is 10.4. The van der Waals surface area contributed by atoms with Crippen LogP contribution >= 0.6 is 7.92 Å². The van der Waals surface area contributed by atoms with E-state index in [-0.39, 0.29) is 7.92 Å². The van der Waals surface area contributed by atoms with Gasteiger partial charge in [-0.05, 0) is 54.7 Å². The lowest BCUT2D eigenvalue weighted by molar-refractivity contribution is 0.262. The predicted molar refractivity (Wildman–Crippen MR) is 82.0 cm³/mol. The van der Waals surface area contributed by atoms with Crippen molar-refractivity contribution < 1.29 is 0 Å². The molecule has 1 aliphatic rings. The molecule has 1 unspecified atom stereocenters. The molecule has 1 aliphatic heterocycles. The maximum Gasteiger partial charge on any atom is -0.00373 e. The van der Waals surface area contributed by atoms with E-state index >= 15 is 0 Å². The minimum absolute atomic E-state index is 0.154. The summed E-state index contributed by atoms with van der Waals surface area (Å²) in [4.78, 5) is 0. The van der Waals surface area contributed by atoms with Crippen molar-refractivity contribution in [1.29, 1.82) is 0 Å². The zero-order valence-electron chi connectivity index (χ0n) is 12.3. The van der Waals surface area contributed by atoms with Crippen LogP contribution in [0.2, 0.25) is 0 Å². The molecule has 1 saturated heterocycles. The maximum atomic E-state index is 4.07. The van der Waals surface area contributed by atoms with Crippen LogP contribution in [0.15, 0.2) is 24.0 Å². The molecule has 0 aromatic heterocycles. The standard InChI is InChI=1S/C16H29P/c1-7-14(13(3)4)16(5,6)15(8-2)17-11-9-10-12-17/h7-8,13-14H,1,9-12H2,2-6H3/b15-8-. The molecule has 0 bridgehead atoms. The van der Waals surface area contributed by atoms with Crippen molar-refractivity contribution in [3.63, 3.8) is 0 Å². The SMILES string of the molecule is C=CC(C(C)C)C(C)(C)/C(=C/C)P1CCCC1. The van der Waals surface area contributed by atoms with Gasteiger partial charge in [0.2, 0.25) is 0 Å². The lowest BCUT2D eigenvalue weighted by Gasteiger charge is -2.40. The van der Waals surface area contributed by atoms with Gasteiger partial charge in [-0.15, -0.1) is 6.58 Å². The van der Waals surface area contributed by atoms with Crippen molar-refractivity contribution in [3.8, 4) is 0 Å². The Kier molecular flexibility index (Phi) is 5.45. The van der Waals surface area contributed by atoms with Crippen LogP contribution in [0.3, 0.4) is 0 Å². The van der Waals surface area contributed by atoms with Crippen LogP contribution in [0, 0.1) is 17.3 Å².